The Morgan fingerprint density at radius 1 is 1.30 bits per heavy atom. The fourth-order valence-electron chi connectivity index (χ4n) is 0.336. The van der Waals surface area contributed by atoms with Crippen molar-refractivity contribution in [3.05, 3.63) is 0 Å². The molecule has 0 spiro atoms. The molecule has 0 unspecified atom stereocenters. The van der Waals surface area contributed by atoms with Crippen LogP contribution in [0.25, 0.3) is 0 Å². The summed E-state index contributed by atoms with van der Waals surface area (Å²) in [5.74, 6) is -1.50. The zero-order valence-electron chi connectivity index (χ0n) is 5.80. The number of ketones is 1. The number of hydrogen-bond donors (Lipinski definition) is 0. The van der Waals surface area contributed by atoms with Crippen LogP contribution in [0.15, 0.2) is 0 Å². The fourth-order valence-corrected chi connectivity index (χ4v) is 0.336. The van der Waals surface area contributed by atoms with E-state index in [0.29, 0.717) is 0 Å². The molecule has 0 aromatic carbocycles. The van der Waals surface area contributed by atoms with Gasteiger partial charge in [-0.1, -0.05) is 13.8 Å². The van der Waals surface area contributed by atoms with Crippen molar-refractivity contribution in [1.82, 2.24) is 0 Å². The average Bonchev–Trinajstić information content (AvgIpc) is 1.84. The molecule has 0 amide bonds. The Hall–Kier alpha value is 0.140. The summed E-state index contributed by atoms with van der Waals surface area (Å²) in [4.78, 5) is 21.0. The monoisotopic (exact) mass is 154 g/mol. The fraction of sp³-hybridized carbons (Fsp3) is 0.667. The SMILES string of the molecule is COC(=O)C(=O)C(C)C.[NaH]. The molecule has 0 radical (unpaired) electrons. The van der Waals surface area contributed by atoms with Crippen molar-refractivity contribution in [2.75, 3.05) is 7.11 Å². The van der Waals surface area contributed by atoms with Gasteiger partial charge in [0.15, 0.2) is 0 Å². The molecule has 0 saturated heterocycles. The van der Waals surface area contributed by atoms with Gasteiger partial charge in [0.05, 0.1) is 7.11 Å². The Morgan fingerprint density at radius 3 is 1.80 bits per heavy atom. The number of rotatable bonds is 2. The summed E-state index contributed by atoms with van der Waals surface area (Å²) in [6.07, 6.45) is 0. The van der Waals surface area contributed by atoms with Gasteiger partial charge in [0.25, 0.3) is 0 Å². The summed E-state index contributed by atoms with van der Waals surface area (Å²) in [6, 6.07) is 0. The molecule has 0 aliphatic rings. The molecule has 0 heterocycles. The maximum atomic E-state index is 10.6. The molecule has 0 N–H and O–H groups in total. The van der Waals surface area contributed by atoms with Gasteiger partial charge in [0, 0.05) is 5.92 Å². The van der Waals surface area contributed by atoms with Gasteiger partial charge in [-0.05, 0) is 0 Å². The molecule has 0 aliphatic heterocycles. The third kappa shape index (κ3) is 4.04. The third-order valence-corrected chi connectivity index (χ3v) is 0.911. The molecule has 10 heavy (non-hydrogen) atoms. The summed E-state index contributed by atoms with van der Waals surface area (Å²) < 4.78 is 4.18. The van der Waals surface area contributed by atoms with Gasteiger partial charge in [0.2, 0.25) is 5.78 Å². The van der Waals surface area contributed by atoms with E-state index in [-0.39, 0.29) is 35.5 Å². The molecule has 4 heteroatoms. The number of hydrogen-bond acceptors (Lipinski definition) is 3. The predicted octanol–water partition coefficient (Wildman–Crippen LogP) is -0.264. The van der Waals surface area contributed by atoms with Crippen molar-refractivity contribution in [3.63, 3.8) is 0 Å². The molecular weight excluding hydrogens is 143 g/mol. The van der Waals surface area contributed by atoms with E-state index in [2.05, 4.69) is 4.74 Å². The zero-order valence-corrected chi connectivity index (χ0v) is 5.80. The summed E-state index contributed by atoms with van der Waals surface area (Å²) in [7, 11) is 1.20. The number of ether oxygens (including phenoxy) is 1. The van der Waals surface area contributed by atoms with Gasteiger partial charge in [0.1, 0.15) is 0 Å². The first-order chi connectivity index (χ1) is 4.09. The molecule has 0 bridgehead atoms. The Balaban J connectivity index is 0. The van der Waals surface area contributed by atoms with Crippen LogP contribution in [0.1, 0.15) is 13.8 Å². The van der Waals surface area contributed by atoms with Crippen molar-refractivity contribution >= 4 is 41.3 Å². The van der Waals surface area contributed by atoms with E-state index in [0.717, 1.165) is 0 Å². The molecule has 0 aromatic rings. The van der Waals surface area contributed by atoms with E-state index in [1.165, 1.54) is 7.11 Å². The zero-order chi connectivity index (χ0) is 7.44. The number of esters is 1. The second-order valence-electron chi connectivity index (χ2n) is 2.01. The van der Waals surface area contributed by atoms with Crippen LogP contribution in [-0.4, -0.2) is 48.4 Å². The summed E-state index contributed by atoms with van der Waals surface area (Å²) in [5, 5.41) is 0. The first-order valence-corrected chi connectivity index (χ1v) is 2.71. The van der Waals surface area contributed by atoms with E-state index >= 15 is 0 Å². The van der Waals surface area contributed by atoms with Crippen LogP contribution >= 0.6 is 0 Å². The van der Waals surface area contributed by atoms with Gasteiger partial charge in [-0.25, -0.2) is 4.79 Å². The van der Waals surface area contributed by atoms with Crippen molar-refractivity contribution < 1.29 is 14.3 Å². The molecule has 54 valence electrons. The van der Waals surface area contributed by atoms with Crippen LogP contribution in [0.5, 0.6) is 0 Å². The van der Waals surface area contributed by atoms with Crippen LogP contribution in [0.2, 0.25) is 0 Å². The molecule has 3 nitrogen and oxygen atoms in total. The Bertz CT molecular complexity index is 131. The van der Waals surface area contributed by atoms with E-state index < -0.39 is 11.8 Å². The molecule has 0 aromatic heterocycles. The molecule has 0 rings (SSSR count). The summed E-state index contributed by atoms with van der Waals surface area (Å²) in [6.45, 7) is 3.30. The summed E-state index contributed by atoms with van der Waals surface area (Å²) in [5.41, 5.74) is 0. The molecule has 0 atom stereocenters. The minimum atomic E-state index is -0.759. The van der Waals surface area contributed by atoms with Gasteiger partial charge < -0.3 is 4.74 Å². The quantitative estimate of drug-likeness (QED) is 0.312. The van der Waals surface area contributed by atoms with Crippen molar-refractivity contribution in [1.29, 1.82) is 0 Å². The number of Topliss-reactive ketones (excluding diaryl/α,β-unsaturated/α-hetero) is 1. The van der Waals surface area contributed by atoms with Gasteiger partial charge in [-0.2, -0.15) is 0 Å². The van der Waals surface area contributed by atoms with Crippen molar-refractivity contribution in [2.24, 2.45) is 5.92 Å². The second-order valence-corrected chi connectivity index (χ2v) is 2.01. The Kier molecular flexibility index (Phi) is 7.53. The van der Waals surface area contributed by atoms with Crippen LogP contribution in [0, 0.1) is 5.92 Å². The minimum absolute atomic E-state index is 0. The van der Waals surface area contributed by atoms with Crippen LogP contribution in [0.3, 0.4) is 0 Å². The van der Waals surface area contributed by atoms with E-state index in [4.69, 9.17) is 0 Å². The molecule has 0 aliphatic carbocycles. The second kappa shape index (κ2) is 5.89. The first-order valence-electron chi connectivity index (χ1n) is 2.71. The van der Waals surface area contributed by atoms with Gasteiger partial charge >= 0.3 is 35.5 Å². The predicted molar refractivity (Wildman–Crippen MR) is 39.0 cm³/mol. The normalized spacial score (nSPS) is 8.40. The molecule has 0 saturated carbocycles. The van der Waals surface area contributed by atoms with Gasteiger partial charge in [-0.3, -0.25) is 4.79 Å². The van der Waals surface area contributed by atoms with Crippen molar-refractivity contribution in [2.45, 2.75) is 13.8 Å². The van der Waals surface area contributed by atoms with Crippen LogP contribution in [-0.2, 0) is 14.3 Å². The van der Waals surface area contributed by atoms with E-state index in [1.54, 1.807) is 13.8 Å². The molecule has 0 fully saturated rings. The van der Waals surface area contributed by atoms with Crippen LogP contribution in [0.4, 0.5) is 0 Å². The Labute approximate surface area is 82.4 Å². The van der Waals surface area contributed by atoms with Gasteiger partial charge in [-0.15, -0.1) is 0 Å². The number of carbonyl (C=O) groups excluding carboxylic acids is 2. The van der Waals surface area contributed by atoms with Crippen LogP contribution < -0.4 is 0 Å². The average molecular weight is 154 g/mol. The van der Waals surface area contributed by atoms with E-state index in [9.17, 15) is 9.59 Å². The topological polar surface area (TPSA) is 43.4 Å². The maximum absolute atomic E-state index is 10.6. The third-order valence-electron chi connectivity index (χ3n) is 0.911. The van der Waals surface area contributed by atoms with E-state index in [1.807, 2.05) is 0 Å². The standard InChI is InChI=1S/C6H10O3.Na.H/c1-4(2)5(7)6(8)9-3;;/h4H,1-3H3;;. The Morgan fingerprint density at radius 2 is 1.70 bits per heavy atom. The molecular formula is C6H11NaO3. The summed E-state index contributed by atoms with van der Waals surface area (Å²) >= 11 is 0. The first kappa shape index (κ1) is 12.8. The number of methoxy groups -OCH3 is 1. The van der Waals surface area contributed by atoms with Crippen molar-refractivity contribution in [3.8, 4) is 0 Å². The number of carbonyl (C=O) groups is 2.